The van der Waals surface area contributed by atoms with E-state index < -0.39 is 0 Å². The van der Waals surface area contributed by atoms with E-state index in [2.05, 4.69) is 22.3 Å². The molecule has 0 radical (unpaired) electrons. The molecule has 0 aromatic carbocycles. The van der Waals surface area contributed by atoms with Crippen molar-refractivity contribution in [1.82, 2.24) is 4.98 Å². The van der Waals surface area contributed by atoms with Crippen LogP contribution in [0.2, 0.25) is 0 Å². The molecule has 0 aliphatic carbocycles. The summed E-state index contributed by atoms with van der Waals surface area (Å²) in [6.07, 6.45) is 7.84. The van der Waals surface area contributed by atoms with Crippen molar-refractivity contribution in [2.24, 2.45) is 0 Å². The van der Waals surface area contributed by atoms with E-state index in [0.29, 0.717) is 12.8 Å². The summed E-state index contributed by atoms with van der Waals surface area (Å²) in [5.41, 5.74) is 1.73. The SMILES string of the molecule is C#CCCNc1ccnc(CC#N)c1. The van der Waals surface area contributed by atoms with Crippen LogP contribution < -0.4 is 5.32 Å². The number of nitrogens with one attached hydrogen (secondary N) is 1. The van der Waals surface area contributed by atoms with E-state index in [9.17, 15) is 0 Å². The van der Waals surface area contributed by atoms with E-state index in [0.717, 1.165) is 17.9 Å². The van der Waals surface area contributed by atoms with Crippen LogP contribution in [0.1, 0.15) is 12.1 Å². The van der Waals surface area contributed by atoms with Crippen LogP contribution in [-0.2, 0) is 6.42 Å². The van der Waals surface area contributed by atoms with E-state index in [4.69, 9.17) is 11.7 Å². The maximum Gasteiger partial charge on any atom is 0.0775 e. The highest BCUT2D eigenvalue weighted by molar-refractivity contribution is 5.43. The Labute approximate surface area is 83.8 Å². The first-order chi connectivity index (χ1) is 6.86. The van der Waals surface area contributed by atoms with Gasteiger partial charge in [0, 0.05) is 24.8 Å². The Kier molecular flexibility index (Phi) is 4.04. The normalized spacial score (nSPS) is 8.71. The highest BCUT2D eigenvalue weighted by atomic mass is 14.9. The third kappa shape index (κ3) is 3.16. The molecule has 0 saturated carbocycles. The van der Waals surface area contributed by atoms with Crippen LogP contribution in [0.25, 0.3) is 0 Å². The molecule has 0 saturated heterocycles. The molecule has 3 heteroatoms. The van der Waals surface area contributed by atoms with Crippen molar-refractivity contribution in [3.8, 4) is 18.4 Å². The van der Waals surface area contributed by atoms with Gasteiger partial charge in [-0.15, -0.1) is 12.3 Å². The lowest BCUT2D eigenvalue weighted by Gasteiger charge is -2.04. The van der Waals surface area contributed by atoms with Crippen LogP contribution in [-0.4, -0.2) is 11.5 Å². The van der Waals surface area contributed by atoms with Gasteiger partial charge < -0.3 is 5.32 Å². The molecule has 0 aliphatic rings. The van der Waals surface area contributed by atoms with Crippen LogP contribution in [0.15, 0.2) is 18.3 Å². The molecule has 0 bridgehead atoms. The lowest BCUT2D eigenvalue weighted by Crippen LogP contribution is -2.01. The highest BCUT2D eigenvalue weighted by Gasteiger charge is 1.95. The van der Waals surface area contributed by atoms with Gasteiger partial charge in [-0.2, -0.15) is 5.26 Å². The Bertz CT molecular complexity index is 371. The molecule has 1 N–H and O–H groups in total. The number of nitrogens with zero attached hydrogens (tertiary/aromatic N) is 2. The maximum absolute atomic E-state index is 8.49. The smallest absolute Gasteiger partial charge is 0.0775 e. The van der Waals surface area contributed by atoms with Crippen LogP contribution in [0.4, 0.5) is 5.69 Å². The molecule has 0 aliphatic heterocycles. The molecular weight excluding hydrogens is 174 g/mol. The Hall–Kier alpha value is -2.00. The topological polar surface area (TPSA) is 48.7 Å². The fourth-order valence-corrected chi connectivity index (χ4v) is 1.04. The van der Waals surface area contributed by atoms with Gasteiger partial charge in [-0.3, -0.25) is 4.98 Å². The van der Waals surface area contributed by atoms with Gasteiger partial charge in [0.25, 0.3) is 0 Å². The molecule has 0 atom stereocenters. The van der Waals surface area contributed by atoms with Crippen LogP contribution in [0.5, 0.6) is 0 Å². The summed E-state index contributed by atoms with van der Waals surface area (Å²) < 4.78 is 0. The molecule has 1 aromatic rings. The number of anilines is 1. The van der Waals surface area contributed by atoms with Crippen LogP contribution in [0, 0.1) is 23.7 Å². The number of hydrogen-bond acceptors (Lipinski definition) is 3. The number of pyridine rings is 1. The van der Waals surface area contributed by atoms with E-state index in [-0.39, 0.29) is 0 Å². The first-order valence-electron chi connectivity index (χ1n) is 4.36. The van der Waals surface area contributed by atoms with Crippen molar-refractivity contribution in [2.45, 2.75) is 12.8 Å². The summed E-state index contributed by atoms with van der Waals surface area (Å²) in [7, 11) is 0. The predicted octanol–water partition coefficient (Wildman–Crippen LogP) is 1.58. The Balaban J connectivity index is 2.56. The van der Waals surface area contributed by atoms with E-state index in [1.807, 2.05) is 12.1 Å². The quantitative estimate of drug-likeness (QED) is 0.572. The van der Waals surface area contributed by atoms with Crippen molar-refractivity contribution in [2.75, 3.05) is 11.9 Å². The largest absolute Gasteiger partial charge is 0.384 e. The van der Waals surface area contributed by atoms with Gasteiger partial charge in [-0.1, -0.05) is 0 Å². The molecule has 0 unspecified atom stereocenters. The molecule has 1 heterocycles. The van der Waals surface area contributed by atoms with Gasteiger partial charge in [-0.05, 0) is 12.1 Å². The minimum atomic E-state index is 0.338. The summed E-state index contributed by atoms with van der Waals surface area (Å²) in [5, 5.41) is 11.6. The van der Waals surface area contributed by atoms with Crippen molar-refractivity contribution in [3.63, 3.8) is 0 Å². The molecule has 1 rings (SSSR count). The number of aromatic nitrogens is 1. The minimum absolute atomic E-state index is 0.338. The number of terminal acetylenes is 1. The second-order valence-corrected chi connectivity index (χ2v) is 2.75. The lowest BCUT2D eigenvalue weighted by molar-refractivity contribution is 1.07. The van der Waals surface area contributed by atoms with Crippen molar-refractivity contribution in [1.29, 1.82) is 5.26 Å². The highest BCUT2D eigenvalue weighted by Crippen LogP contribution is 2.07. The predicted molar refractivity (Wildman–Crippen MR) is 55.5 cm³/mol. The molecule has 0 amide bonds. The van der Waals surface area contributed by atoms with Crippen molar-refractivity contribution < 1.29 is 0 Å². The molecule has 14 heavy (non-hydrogen) atoms. The van der Waals surface area contributed by atoms with E-state index >= 15 is 0 Å². The summed E-state index contributed by atoms with van der Waals surface area (Å²) in [5.74, 6) is 2.55. The first kappa shape index (κ1) is 10.1. The average molecular weight is 185 g/mol. The summed E-state index contributed by atoms with van der Waals surface area (Å²) in [6, 6.07) is 5.78. The Morgan fingerprint density at radius 3 is 3.14 bits per heavy atom. The van der Waals surface area contributed by atoms with Crippen molar-refractivity contribution >= 4 is 5.69 Å². The monoisotopic (exact) mass is 185 g/mol. The first-order valence-corrected chi connectivity index (χ1v) is 4.36. The Morgan fingerprint density at radius 1 is 1.57 bits per heavy atom. The summed E-state index contributed by atoms with van der Waals surface area (Å²) >= 11 is 0. The zero-order valence-corrected chi connectivity index (χ0v) is 7.83. The fraction of sp³-hybridized carbons (Fsp3) is 0.273. The number of nitriles is 1. The molecule has 70 valence electrons. The van der Waals surface area contributed by atoms with E-state index in [1.165, 1.54) is 0 Å². The molecule has 0 spiro atoms. The van der Waals surface area contributed by atoms with Gasteiger partial charge in [0.15, 0.2) is 0 Å². The molecule has 1 aromatic heterocycles. The van der Waals surface area contributed by atoms with Gasteiger partial charge in [0.1, 0.15) is 0 Å². The van der Waals surface area contributed by atoms with E-state index in [1.54, 1.807) is 6.20 Å². The average Bonchev–Trinajstić information content (AvgIpc) is 2.19. The van der Waals surface area contributed by atoms with Crippen LogP contribution in [0.3, 0.4) is 0 Å². The second kappa shape index (κ2) is 5.61. The van der Waals surface area contributed by atoms with Gasteiger partial charge in [0.2, 0.25) is 0 Å². The van der Waals surface area contributed by atoms with Gasteiger partial charge in [-0.25, -0.2) is 0 Å². The minimum Gasteiger partial charge on any atom is -0.384 e. The van der Waals surface area contributed by atoms with Crippen LogP contribution >= 0.6 is 0 Å². The molecular formula is C11H11N3. The third-order valence-electron chi connectivity index (χ3n) is 1.68. The van der Waals surface area contributed by atoms with Gasteiger partial charge >= 0.3 is 0 Å². The van der Waals surface area contributed by atoms with Gasteiger partial charge in [0.05, 0.1) is 18.2 Å². The standard InChI is InChI=1S/C11H11N3/c1-2-3-7-13-11-5-8-14-10(9-11)4-6-12/h1,5,8-9H,3-4,7H2,(H,13,14). The maximum atomic E-state index is 8.49. The second-order valence-electron chi connectivity index (χ2n) is 2.75. The summed E-state index contributed by atoms with van der Waals surface area (Å²) in [6.45, 7) is 0.743. The van der Waals surface area contributed by atoms with Crippen molar-refractivity contribution in [3.05, 3.63) is 24.0 Å². The fourth-order valence-electron chi connectivity index (χ4n) is 1.04. The Morgan fingerprint density at radius 2 is 2.43 bits per heavy atom. The lowest BCUT2D eigenvalue weighted by atomic mass is 10.2. The third-order valence-corrected chi connectivity index (χ3v) is 1.68. The zero-order valence-electron chi connectivity index (χ0n) is 7.83. The number of rotatable bonds is 4. The zero-order chi connectivity index (χ0) is 10.2. The molecule has 0 fully saturated rings. The number of hydrogen-bond donors (Lipinski definition) is 1. The molecule has 3 nitrogen and oxygen atoms in total. The summed E-state index contributed by atoms with van der Waals surface area (Å²) in [4.78, 5) is 4.05.